The number of nitrogens with zero attached hydrogens (tertiary/aromatic N) is 4. The van der Waals surface area contributed by atoms with Gasteiger partial charge in [0.15, 0.2) is 12.4 Å². The third-order valence-electron chi connectivity index (χ3n) is 11.8. The maximum atomic E-state index is 6.72. The maximum absolute atomic E-state index is 6.72. The molecule has 0 bridgehead atoms. The summed E-state index contributed by atoms with van der Waals surface area (Å²) in [4.78, 5) is 4.93. The summed E-state index contributed by atoms with van der Waals surface area (Å²) in [6.45, 7) is 18.1. The van der Waals surface area contributed by atoms with Gasteiger partial charge in [-0.3, -0.25) is 0 Å². The molecular weight excluding hydrogens is 880 g/mol. The van der Waals surface area contributed by atoms with Crippen molar-refractivity contribution in [3.8, 4) is 28.4 Å². The number of hydrogen-bond acceptors (Lipinski definition) is 2. The molecule has 0 radical (unpaired) electrons. The van der Waals surface area contributed by atoms with Crippen LogP contribution in [0.25, 0.3) is 38.8 Å². The molecule has 0 spiro atoms. The Morgan fingerprint density at radius 2 is 1.26 bits per heavy atom. The van der Waals surface area contributed by atoms with Crippen molar-refractivity contribution >= 4 is 44.6 Å². The number of rotatable bonds is 6. The normalized spacial score (nSPS) is 18.4. The number of pyridine rings is 1. The van der Waals surface area contributed by atoms with Crippen molar-refractivity contribution in [1.82, 2.24) is 18.7 Å². The molecule has 1 saturated heterocycles. The number of hydrogen-bond donors (Lipinski definition) is 0. The van der Waals surface area contributed by atoms with E-state index in [4.69, 9.17) is 9.72 Å². The van der Waals surface area contributed by atoms with Crippen LogP contribution >= 0.6 is 0 Å². The van der Waals surface area contributed by atoms with Gasteiger partial charge in [0.1, 0.15) is 5.82 Å². The first-order chi connectivity index (χ1) is 26.9. The molecule has 6 aromatic carbocycles. The van der Waals surface area contributed by atoms with Crippen LogP contribution in [0.15, 0.2) is 140 Å². The Morgan fingerprint density at radius 1 is 0.614 bits per heavy atom. The van der Waals surface area contributed by atoms with Crippen molar-refractivity contribution in [2.75, 3.05) is 0 Å². The predicted molar refractivity (Wildman–Crippen MR) is 230 cm³/mol. The average molecular weight is 925 g/mol. The van der Waals surface area contributed by atoms with Crippen molar-refractivity contribution in [3.63, 3.8) is 0 Å². The standard InChI is InChI=1S/C51H45N4O.Pt/c1-34-15-13-22-47(49(34)35-16-9-8-10-17-35)55-33-54(55,45-20-11-12-21-46(45)55)38-18-14-19-39(31-38)56-40-24-26-42-41-25-23-36(50(2,3)4)29-43(41)53(44(42)32-40)48-30-37(27-28-52-48)51(5,6)7;/h8-30,33H,1-7H3;/q-1;/t54?,55-;/m1./s1. The van der Waals surface area contributed by atoms with Gasteiger partial charge in [0.25, 0.3) is 0 Å². The summed E-state index contributed by atoms with van der Waals surface area (Å²) in [6, 6.07) is 55.1. The van der Waals surface area contributed by atoms with Gasteiger partial charge in [0.2, 0.25) is 11.4 Å². The molecule has 0 amide bonds. The number of aryl methyl sites for hydroxylation is 1. The van der Waals surface area contributed by atoms with Gasteiger partial charge in [0, 0.05) is 68.0 Å². The third-order valence-corrected chi connectivity index (χ3v) is 11.8. The fourth-order valence-corrected chi connectivity index (χ4v) is 8.83. The van der Waals surface area contributed by atoms with E-state index in [1.807, 2.05) is 18.3 Å². The van der Waals surface area contributed by atoms with Gasteiger partial charge in [-0.05, 0) is 63.6 Å². The number of fused-ring (bicyclic) bond motifs is 7. The molecular formula is C51H45N4OPt-. The Bertz CT molecular complexity index is 2870. The Kier molecular flexibility index (Phi) is 8.57. The van der Waals surface area contributed by atoms with Crippen LogP contribution in [0.5, 0.6) is 11.5 Å². The summed E-state index contributed by atoms with van der Waals surface area (Å²) in [5, 5.41) is 2.27. The van der Waals surface area contributed by atoms with Crippen LogP contribution in [0.3, 0.4) is 0 Å². The minimum Gasteiger partial charge on any atom is -0.509 e. The molecule has 57 heavy (non-hydrogen) atoms. The second kappa shape index (κ2) is 13.1. The molecule has 0 aliphatic carbocycles. The van der Waals surface area contributed by atoms with E-state index in [0.717, 1.165) is 33.3 Å². The van der Waals surface area contributed by atoms with E-state index in [2.05, 4.69) is 193 Å². The van der Waals surface area contributed by atoms with Gasteiger partial charge < -0.3 is 9.30 Å². The Morgan fingerprint density at radius 3 is 2.02 bits per heavy atom. The number of ether oxygens (including phenoxy) is 1. The second-order valence-corrected chi connectivity index (χ2v) is 17.4. The van der Waals surface area contributed by atoms with Crippen LogP contribution in [-0.2, 0) is 31.9 Å². The van der Waals surface area contributed by atoms with Crippen LogP contribution in [-0.4, -0.2) is 9.55 Å². The fourth-order valence-electron chi connectivity index (χ4n) is 8.83. The van der Waals surface area contributed by atoms with Gasteiger partial charge in [-0.15, -0.1) is 29.7 Å². The molecule has 2 aliphatic heterocycles. The van der Waals surface area contributed by atoms with Crippen molar-refractivity contribution in [2.24, 2.45) is 0 Å². The van der Waals surface area contributed by atoms with Gasteiger partial charge in [-0.25, -0.2) is 9.58 Å². The molecule has 5 nitrogen and oxygen atoms in total. The molecule has 8 aromatic rings. The number of benzene rings is 6. The summed E-state index contributed by atoms with van der Waals surface area (Å²) in [6.07, 6.45) is 1.92. The van der Waals surface area contributed by atoms with Crippen molar-refractivity contribution in [1.29, 1.82) is 0 Å². The first-order valence-electron chi connectivity index (χ1n) is 19.5. The second-order valence-electron chi connectivity index (χ2n) is 17.4. The molecule has 6 heteroatoms. The first-order valence-corrected chi connectivity index (χ1v) is 19.5. The molecule has 2 aromatic heterocycles. The zero-order valence-corrected chi connectivity index (χ0v) is 35.6. The Balaban J connectivity index is 0.00000422. The summed E-state index contributed by atoms with van der Waals surface area (Å²) in [5.41, 5.74) is 13.0. The molecule has 1 fully saturated rings. The van der Waals surface area contributed by atoms with Crippen LogP contribution < -0.4 is 13.9 Å². The van der Waals surface area contributed by atoms with Crippen LogP contribution in [0.1, 0.15) is 58.2 Å². The van der Waals surface area contributed by atoms with E-state index in [9.17, 15) is 0 Å². The molecule has 0 saturated carbocycles. The van der Waals surface area contributed by atoms with Crippen molar-refractivity contribution < 1.29 is 25.8 Å². The molecule has 1 unspecified atom stereocenters. The Labute approximate surface area is 350 Å². The minimum atomic E-state index is -0.0252. The SMILES string of the molecule is Cc1cccc([N@+]23[CH-][N+]2(c2[c-]c(Oc4[c-]c5c(cc4)c4ccc(C(C)(C)C)cc4n5-c4cc(C(C)(C)C)ccn4)ccc2)c2ccccc23)c1-c1ccccc1.[Pt]. The summed E-state index contributed by atoms with van der Waals surface area (Å²) in [5.74, 6) is 2.14. The Hall–Kier alpha value is -5.32. The number of aromatic nitrogens is 2. The van der Waals surface area contributed by atoms with Gasteiger partial charge in [-0.1, -0.05) is 120 Å². The topological polar surface area (TPSA) is 27.1 Å². The molecule has 2 atom stereocenters. The molecule has 286 valence electrons. The zero-order chi connectivity index (χ0) is 38.6. The van der Waals surface area contributed by atoms with Crippen LogP contribution in [0.4, 0.5) is 22.7 Å². The largest absolute Gasteiger partial charge is 0.509 e. The zero-order valence-electron chi connectivity index (χ0n) is 33.4. The van der Waals surface area contributed by atoms with Gasteiger partial charge in [0.05, 0.1) is 5.69 Å². The van der Waals surface area contributed by atoms with E-state index in [1.54, 1.807) is 0 Å². The van der Waals surface area contributed by atoms with E-state index in [-0.39, 0.29) is 31.9 Å². The van der Waals surface area contributed by atoms with E-state index >= 15 is 0 Å². The molecule has 2 aliphatic rings. The smallest absolute Gasteiger partial charge is 0.225 e. The van der Waals surface area contributed by atoms with Gasteiger partial charge in [-0.2, -0.15) is 16.7 Å². The summed E-state index contributed by atoms with van der Waals surface area (Å²) < 4.78 is 10.1. The number of para-hydroxylation sites is 2. The van der Waals surface area contributed by atoms with Crippen LogP contribution in [0.2, 0.25) is 0 Å². The predicted octanol–water partition coefficient (Wildman–Crippen LogP) is 13.5. The summed E-state index contributed by atoms with van der Waals surface area (Å²) in [7, 11) is 0. The van der Waals surface area contributed by atoms with E-state index in [0.29, 0.717) is 20.7 Å². The quantitative estimate of drug-likeness (QED) is 0.0944. The molecule has 0 N–H and O–H groups in total. The molecule has 10 rings (SSSR count). The number of quaternary nitrogens is 2. The van der Waals surface area contributed by atoms with Crippen molar-refractivity contribution in [2.45, 2.75) is 59.3 Å². The summed E-state index contributed by atoms with van der Waals surface area (Å²) >= 11 is 0. The molecule has 4 heterocycles. The average Bonchev–Trinajstić information content (AvgIpc) is 3.68. The monoisotopic (exact) mass is 924 g/mol. The van der Waals surface area contributed by atoms with Crippen LogP contribution in [0, 0.1) is 25.7 Å². The van der Waals surface area contributed by atoms with E-state index in [1.165, 1.54) is 44.9 Å². The van der Waals surface area contributed by atoms with Gasteiger partial charge >= 0.3 is 0 Å². The minimum absolute atomic E-state index is 0. The fraction of sp³-hybridized carbons (Fsp3) is 0.176. The van der Waals surface area contributed by atoms with E-state index < -0.39 is 0 Å². The first kappa shape index (κ1) is 37.3. The van der Waals surface area contributed by atoms with Crippen molar-refractivity contribution in [3.05, 3.63) is 175 Å². The maximum Gasteiger partial charge on any atom is 0.225 e. The third kappa shape index (κ3) is 5.58.